The van der Waals surface area contributed by atoms with Crippen LogP contribution in [0.1, 0.15) is 123 Å². The number of hydrogen-bond acceptors (Lipinski definition) is 10. The van der Waals surface area contributed by atoms with E-state index in [0.29, 0.717) is 44.3 Å². The molecular formula is C51H64N8O8. The number of nitrogens with one attached hydrogen (secondary N) is 4. The second-order valence-corrected chi connectivity index (χ2v) is 20.6. The molecule has 3 saturated heterocycles. The second kappa shape index (κ2) is 17.8. The van der Waals surface area contributed by atoms with Crippen LogP contribution in [0.15, 0.2) is 48.7 Å². The normalized spacial score (nSPS) is 22.2. The van der Waals surface area contributed by atoms with Crippen molar-refractivity contribution in [3.63, 3.8) is 0 Å². The average molecular weight is 917 g/mol. The number of imidazole rings is 2. The quantitative estimate of drug-likeness (QED) is 0.111. The highest BCUT2D eigenvalue weighted by Crippen LogP contribution is 2.45. The zero-order valence-corrected chi connectivity index (χ0v) is 40.1. The molecule has 0 saturated carbocycles. The Morgan fingerprint density at radius 2 is 1.55 bits per heavy atom. The number of carbonyl (C=O) groups is 4. The Morgan fingerprint density at radius 1 is 0.851 bits per heavy atom. The third-order valence-electron chi connectivity index (χ3n) is 14.4. The molecule has 6 atom stereocenters. The molecule has 16 nitrogen and oxygen atoms in total. The van der Waals surface area contributed by atoms with E-state index in [-0.39, 0.29) is 41.9 Å². The number of amides is 4. The fourth-order valence-corrected chi connectivity index (χ4v) is 10.6. The van der Waals surface area contributed by atoms with Crippen molar-refractivity contribution in [3.05, 3.63) is 65.9 Å². The second-order valence-electron chi connectivity index (χ2n) is 20.6. The number of likely N-dealkylation sites (tertiary alicyclic amines) is 2. The number of hydrogen-bond donors (Lipinski definition) is 4. The number of H-pyrrole nitrogens is 2. The number of aromatic amines is 2. The number of ether oxygens (including phenoxy) is 4. The molecule has 67 heavy (non-hydrogen) atoms. The molecule has 6 heterocycles. The van der Waals surface area contributed by atoms with Gasteiger partial charge < -0.3 is 49.3 Å². The summed E-state index contributed by atoms with van der Waals surface area (Å²) in [7, 11) is 1.30. The highest BCUT2D eigenvalue weighted by Gasteiger charge is 2.48. The molecule has 0 bridgehead atoms. The van der Waals surface area contributed by atoms with Crippen LogP contribution in [0.5, 0.6) is 5.75 Å². The van der Waals surface area contributed by atoms with Crippen LogP contribution in [-0.2, 0) is 30.4 Å². The van der Waals surface area contributed by atoms with Crippen LogP contribution < -0.4 is 15.4 Å². The van der Waals surface area contributed by atoms with Crippen LogP contribution >= 0.6 is 0 Å². The fourth-order valence-electron chi connectivity index (χ4n) is 10.6. The van der Waals surface area contributed by atoms with Crippen LogP contribution in [0.4, 0.5) is 9.59 Å². The lowest BCUT2D eigenvalue weighted by molar-refractivity contribution is -0.142. The van der Waals surface area contributed by atoms with Crippen LogP contribution in [0.2, 0.25) is 0 Å². The van der Waals surface area contributed by atoms with Gasteiger partial charge in [-0.2, -0.15) is 0 Å². The summed E-state index contributed by atoms with van der Waals surface area (Å²) in [6.45, 7) is 16.8. The Morgan fingerprint density at radius 3 is 2.24 bits per heavy atom. The van der Waals surface area contributed by atoms with E-state index in [0.717, 1.165) is 81.2 Å². The number of alkyl carbamates (subject to hydrolysis) is 2. The minimum Gasteiger partial charge on any atom is -0.488 e. The van der Waals surface area contributed by atoms with E-state index in [4.69, 9.17) is 28.9 Å². The largest absolute Gasteiger partial charge is 0.488 e. The van der Waals surface area contributed by atoms with Gasteiger partial charge in [-0.3, -0.25) is 9.59 Å². The lowest BCUT2D eigenvalue weighted by Gasteiger charge is -2.43. The maximum atomic E-state index is 14.7. The van der Waals surface area contributed by atoms with Gasteiger partial charge in [0.15, 0.2) is 0 Å². The van der Waals surface area contributed by atoms with Crippen molar-refractivity contribution in [2.24, 2.45) is 11.3 Å². The molecule has 4 amide bonds. The van der Waals surface area contributed by atoms with Crippen molar-refractivity contribution >= 4 is 45.8 Å². The summed E-state index contributed by atoms with van der Waals surface area (Å²) in [6, 6.07) is 12.5. The Hall–Kier alpha value is -6.16. The SMILES string of the molecule is COC(=O)NC(C(=O)N1C(C)CCC1c1nc2c(ccc3cc4c(cc32)OCc2cc(-c3cnc(C5CCC(C)N5C(=O)C(NC(=O)OC(C)(C)C)C5(C)CCOCC5)[nH]3)ccc2-4)[nH]1)C(C)C. The maximum Gasteiger partial charge on any atom is 0.408 e. The van der Waals surface area contributed by atoms with Gasteiger partial charge in [-0.1, -0.05) is 39.0 Å². The van der Waals surface area contributed by atoms with E-state index < -0.39 is 35.3 Å². The molecule has 4 aliphatic heterocycles. The zero-order chi connectivity index (χ0) is 47.5. The first kappa shape index (κ1) is 46.0. The topological polar surface area (TPSA) is 193 Å². The predicted molar refractivity (Wildman–Crippen MR) is 253 cm³/mol. The number of rotatable bonds is 9. The average Bonchev–Trinajstić information content (AvgIpc) is 4.11. The van der Waals surface area contributed by atoms with Crippen LogP contribution in [0.25, 0.3) is 44.2 Å². The van der Waals surface area contributed by atoms with Gasteiger partial charge in [-0.05, 0) is 125 Å². The first-order valence-electron chi connectivity index (χ1n) is 23.8. The summed E-state index contributed by atoms with van der Waals surface area (Å²) < 4.78 is 22.6. The van der Waals surface area contributed by atoms with Gasteiger partial charge in [-0.25, -0.2) is 19.6 Å². The van der Waals surface area contributed by atoms with E-state index in [2.05, 4.69) is 70.8 Å². The first-order valence-corrected chi connectivity index (χ1v) is 23.8. The lowest BCUT2D eigenvalue weighted by atomic mass is 9.75. The van der Waals surface area contributed by atoms with E-state index >= 15 is 0 Å². The molecule has 4 N–H and O–H groups in total. The van der Waals surface area contributed by atoms with Crippen LogP contribution in [-0.4, -0.2) is 104 Å². The summed E-state index contributed by atoms with van der Waals surface area (Å²) >= 11 is 0. The number of carbonyl (C=O) groups excluding carboxylic acids is 4. The molecule has 4 aliphatic rings. The Labute approximate surface area is 391 Å². The van der Waals surface area contributed by atoms with Crippen molar-refractivity contribution in [1.29, 1.82) is 0 Å². The van der Waals surface area contributed by atoms with Crippen molar-refractivity contribution in [1.82, 2.24) is 40.4 Å². The molecule has 5 aromatic rings. The number of aromatic nitrogens is 4. The molecule has 2 aromatic heterocycles. The van der Waals surface area contributed by atoms with Crippen molar-refractivity contribution < 1.29 is 38.1 Å². The van der Waals surface area contributed by atoms with Gasteiger partial charge in [0.2, 0.25) is 11.8 Å². The monoisotopic (exact) mass is 916 g/mol. The van der Waals surface area contributed by atoms with Crippen molar-refractivity contribution in [2.45, 2.75) is 142 Å². The van der Waals surface area contributed by atoms with Gasteiger partial charge in [-0.15, -0.1) is 0 Å². The highest BCUT2D eigenvalue weighted by atomic mass is 16.6. The summed E-state index contributed by atoms with van der Waals surface area (Å²) in [5, 5.41) is 7.69. The molecule has 0 spiro atoms. The van der Waals surface area contributed by atoms with Crippen LogP contribution in [0, 0.1) is 11.3 Å². The maximum absolute atomic E-state index is 14.7. The molecule has 3 fully saturated rings. The molecular weight excluding hydrogens is 853 g/mol. The molecule has 6 unspecified atom stereocenters. The molecule has 16 heteroatoms. The minimum atomic E-state index is -0.793. The molecule has 9 rings (SSSR count). The standard InChI is InChI=1S/C51H64N8O8/c1-27(2)41(56-48(62)64-9)46(60)58-28(3)11-17-39(58)45-53-36-15-13-30-23-35-33-14-12-31(22-32(33)26-66-40(35)24-34(30)42(36)55-45)37-25-52-44(54-37)38-16-10-29(4)59(38)47(61)43(51(8)18-20-65-21-19-51)57-49(63)67-50(5,6)7/h12-15,22-25,27-29,38-39,41,43H,10-11,16-21,26H2,1-9H3,(H,52,54)(H,53,55)(H,56,62)(H,57,63). The van der Waals surface area contributed by atoms with Crippen molar-refractivity contribution in [2.75, 3.05) is 20.3 Å². The Kier molecular flexibility index (Phi) is 12.2. The minimum absolute atomic E-state index is 0.0305. The van der Waals surface area contributed by atoms with Gasteiger partial charge >= 0.3 is 12.2 Å². The smallest absolute Gasteiger partial charge is 0.408 e. The summed E-state index contributed by atoms with van der Waals surface area (Å²) in [6.07, 6.45) is 4.96. The Balaban J connectivity index is 0.958. The molecule has 0 aliphatic carbocycles. The summed E-state index contributed by atoms with van der Waals surface area (Å²) in [5.74, 6) is 1.76. The van der Waals surface area contributed by atoms with Gasteiger partial charge in [0, 0.05) is 41.7 Å². The van der Waals surface area contributed by atoms with E-state index in [1.807, 2.05) is 63.6 Å². The number of fused-ring (bicyclic) bond motifs is 6. The number of nitrogens with zero attached hydrogens (tertiary/aromatic N) is 4. The molecule has 0 radical (unpaired) electrons. The molecule has 356 valence electrons. The van der Waals surface area contributed by atoms with E-state index in [9.17, 15) is 19.2 Å². The zero-order valence-electron chi connectivity index (χ0n) is 40.1. The van der Waals surface area contributed by atoms with Crippen LogP contribution in [0.3, 0.4) is 0 Å². The van der Waals surface area contributed by atoms with Gasteiger partial charge in [0.1, 0.15) is 41.7 Å². The van der Waals surface area contributed by atoms with Gasteiger partial charge in [0.05, 0.1) is 42.1 Å². The van der Waals surface area contributed by atoms with E-state index in [1.54, 1.807) is 0 Å². The van der Waals surface area contributed by atoms with E-state index in [1.165, 1.54) is 7.11 Å². The highest BCUT2D eigenvalue weighted by molar-refractivity contribution is 6.07. The summed E-state index contributed by atoms with van der Waals surface area (Å²) in [5.41, 5.74) is 5.34. The molecule has 3 aromatic carbocycles. The number of benzene rings is 3. The number of methoxy groups -OCH3 is 1. The first-order chi connectivity index (χ1) is 31.9. The Bertz CT molecular complexity index is 2710. The fraction of sp³-hybridized carbons (Fsp3) is 0.529. The third kappa shape index (κ3) is 8.80. The summed E-state index contributed by atoms with van der Waals surface area (Å²) in [4.78, 5) is 75.0. The predicted octanol–water partition coefficient (Wildman–Crippen LogP) is 8.86. The lowest BCUT2D eigenvalue weighted by Crippen LogP contribution is -2.59. The van der Waals surface area contributed by atoms with Crippen molar-refractivity contribution in [3.8, 4) is 28.1 Å². The van der Waals surface area contributed by atoms with Gasteiger partial charge in [0.25, 0.3) is 0 Å². The third-order valence-corrected chi connectivity index (χ3v) is 14.4.